The summed E-state index contributed by atoms with van der Waals surface area (Å²) >= 11 is 1.23. The van der Waals surface area contributed by atoms with E-state index in [-0.39, 0.29) is 11.7 Å². The molecule has 4 rings (SSSR count). The molecule has 1 atom stereocenters. The van der Waals surface area contributed by atoms with Gasteiger partial charge >= 0.3 is 0 Å². The molecular weight excluding hydrogens is 384 g/mol. The number of carbonyl (C=O) groups excluding carboxylic acids is 1. The Balaban J connectivity index is 1.41. The normalized spacial score (nSPS) is 12.2. The largest absolute Gasteiger partial charge is 0.411 e. The van der Waals surface area contributed by atoms with E-state index in [9.17, 15) is 4.79 Å². The van der Waals surface area contributed by atoms with Crippen LogP contribution >= 0.6 is 11.8 Å². The number of thioether (sulfide) groups is 1. The molecule has 0 saturated carbocycles. The molecule has 0 spiro atoms. The number of nitrogens with one attached hydrogen (secondary N) is 2. The summed E-state index contributed by atoms with van der Waals surface area (Å²) in [6.07, 6.45) is 2.87. The van der Waals surface area contributed by atoms with Gasteiger partial charge in [-0.2, -0.15) is 0 Å². The molecule has 2 heterocycles. The van der Waals surface area contributed by atoms with Crippen LogP contribution in [0.1, 0.15) is 31.7 Å². The van der Waals surface area contributed by atoms with Crippen molar-refractivity contribution in [1.29, 1.82) is 0 Å². The number of nitrogens with zero attached hydrogens (tertiary/aromatic N) is 2. The first-order chi connectivity index (χ1) is 14.2. The van der Waals surface area contributed by atoms with Crippen molar-refractivity contribution in [3.8, 4) is 11.5 Å². The fourth-order valence-corrected chi connectivity index (χ4v) is 3.76. The minimum Gasteiger partial charge on any atom is -0.411 e. The molecule has 0 saturated heterocycles. The lowest BCUT2D eigenvalue weighted by Crippen LogP contribution is -2.15. The quantitative estimate of drug-likeness (QED) is 0.398. The lowest BCUT2D eigenvalue weighted by molar-refractivity contribution is -0.113. The zero-order valence-corrected chi connectivity index (χ0v) is 17.1. The van der Waals surface area contributed by atoms with E-state index in [1.165, 1.54) is 11.8 Å². The van der Waals surface area contributed by atoms with Crippen molar-refractivity contribution in [1.82, 2.24) is 15.2 Å². The number of aromatic nitrogens is 3. The number of anilines is 1. The molecule has 2 aromatic carbocycles. The highest BCUT2D eigenvalue weighted by Crippen LogP contribution is 2.30. The number of aromatic amines is 1. The first-order valence-electron chi connectivity index (χ1n) is 9.57. The van der Waals surface area contributed by atoms with E-state index in [2.05, 4.69) is 40.4 Å². The fraction of sp³-hybridized carbons (Fsp3) is 0.227. The maximum atomic E-state index is 12.4. The summed E-state index contributed by atoms with van der Waals surface area (Å²) in [6, 6.07) is 15.8. The topological polar surface area (TPSA) is 83.8 Å². The summed E-state index contributed by atoms with van der Waals surface area (Å²) in [5.74, 6) is 0.920. The minimum atomic E-state index is -0.0994. The van der Waals surface area contributed by atoms with Gasteiger partial charge in [-0.05, 0) is 30.0 Å². The average Bonchev–Trinajstić information content (AvgIpc) is 3.39. The van der Waals surface area contributed by atoms with Gasteiger partial charge in [0.2, 0.25) is 5.91 Å². The van der Waals surface area contributed by atoms with Crippen molar-refractivity contribution in [3.05, 3.63) is 60.3 Å². The molecule has 0 aliphatic heterocycles. The Labute approximate surface area is 173 Å². The van der Waals surface area contributed by atoms with Gasteiger partial charge in [0.05, 0.1) is 11.3 Å². The second-order valence-electron chi connectivity index (χ2n) is 6.85. The minimum absolute atomic E-state index is 0.0994. The van der Waals surface area contributed by atoms with Gasteiger partial charge < -0.3 is 14.7 Å². The molecule has 0 unspecified atom stereocenters. The van der Waals surface area contributed by atoms with Crippen LogP contribution in [0, 0.1) is 0 Å². The van der Waals surface area contributed by atoms with E-state index >= 15 is 0 Å². The maximum absolute atomic E-state index is 12.4. The van der Waals surface area contributed by atoms with Crippen molar-refractivity contribution in [2.45, 2.75) is 31.4 Å². The lowest BCUT2D eigenvalue weighted by Gasteiger charge is -2.15. The number of hydrogen-bond acceptors (Lipinski definition) is 5. The summed E-state index contributed by atoms with van der Waals surface area (Å²) in [4.78, 5) is 15.6. The van der Waals surface area contributed by atoms with E-state index < -0.39 is 0 Å². The molecule has 2 aromatic heterocycles. The van der Waals surface area contributed by atoms with Crippen LogP contribution in [0.2, 0.25) is 0 Å². The number of hydrogen-bond donors (Lipinski definition) is 2. The SMILES string of the molecule is CC[C@H](C)c1ccccc1NC(=O)CSc1nnc(-c2c[nH]c3ccccc23)o1. The number of H-pyrrole nitrogens is 1. The molecule has 0 bridgehead atoms. The third-order valence-electron chi connectivity index (χ3n) is 4.93. The highest BCUT2D eigenvalue weighted by molar-refractivity contribution is 7.99. The van der Waals surface area contributed by atoms with Crippen LogP contribution in [0.3, 0.4) is 0 Å². The van der Waals surface area contributed by atoms with Crippen molar-refractivity contribution in [3.63, 3.8) is 0 Å². The third-order valence-corrected chi connectivity index (χ3v) is 5.75. The van der Waals surface area contributed by atoms with Gasteiger partial charge in [0.1, 0.15) is 0 Å². The Hall–Kier alpha value is -3.06. The molecule has 29 heavy (non-hydrogen) atoms. The number of amides is 1. The van der Waals surface area contributed by atoms with Crippen LogP contribution in [-0.4, -0.2) is 26.8 Å². The number of carbonyl (C=O) groups is 1. The smallest absolute Gasteiger partial charge is 0.277 e. The number of para-hydroxylation sites is 2. The molecule has 2 N–H and O–H groups in total. The zero-order valence-electron chi connectivity index (χ0n) is 16.3. The van der Waals surface area contributed by atoms with Gasteiger partial charge in [0.15, 0.2) is 0 Å². The van der Waals surface area contributed by atoms with Gasteiger partial charge in [-0.15, -0.1) is 10.2 Å². The van der Waals surface area contributed by atoms with Gasteiger partial charge in [-0.25, -0.2) is 0 Å². The van der Waals surface area contributed by atoms with E-state index in [1.54, 1.807) is 0 Å². The molecule has 0 fully saturated rings. The second kappa shape index (κ2) is 8.53. The van der Waals surface area contributed by atoms with Crippen LogP contribution in [0.25, 0.3) is 22.4 Å². The van der Waals surface area contributed by atoms with Crippen molar-refractivity contribution in [2.24, 2.45) is 0 Å². The second-order valence-corrected chi connectivity index (χ2v) is 7.78. The van der Waals surface area contributed by atoms with Gasteiger partial charge in [0, 0.05) is 22.8 Å². The molecule has 4 aromatic rings. The van der Waals surface area contributed by atoms with Crippen molar-refractivity contribution < 1.29 is 9.21 Å². The molecular formula is C22H22N4O2S. The van der Waals surface area contributed by atoms with Crippen molar-refractivity contribution in [2.75, 3.05) is 11.1 Å². The first-order valence-corrected chi connectivity index (χ1v) is 10.6. The Morgan fingerprint density at radius 3 is 2.83 bits per heavy atom. The Morgan fingerprint density at radius 2 is 1.97 bits per heavy atom. The summed E-state index contributed by atoms with van der Waals surface area (Å²) in [7, 11) is 0. The summed E-state index contributed by atoms with van der Waals surface area (Å²) in [5.41, 5.74) is 3.87. The Bertz CT molecular complexity index is 1130. The van der Waals surface area contributed by atoms with Gasteiger partial charge in [-0.1, -0.05) is 62.0 Å². The summed E-state index contributed by atoms with van der Waals surface area (Å²) in [5, 5.41) is 12.6. The van der Waals surface area contributed by atoms with Crippen LogP contribution < -0.4 is 5.32 Å². The average molecular weight is 407 g/mol. The predicted molar refractivity (Wildman–Crippen MR) is 116 cm³/mol. The molecule has 7 heteroatoms. The fourth-order valence-electron chi connectivity index (χ4n) is 3.20. The molecule has 6 nitrogen and oxygen atoms in total. The standard InChI is InChI=1S/C22H22N4O2S/c1-3-14(2)15-8-4-7-11-19(15)24-20(27)13-29-22-26-25-21(28-22)17-12-23-18-10-6-5-9-16(17)18/h4-12,14,23H,3,13H2,1-2H3,(H,24,27)/t14-/m0/s1. The van der Waals surface area contributed by atoms with E-state index in [0.29, 0.717) is 17.0 Å². The van der Waals surface area contributed by atoms with Crippen LogP contribution in [0.4, 0.5) is 5.69 Å². The molecule has 0 aliphatic carbocycles. The highest BCUT2D eigenvalue weighted by Gasteiger charge is 2.15. The highest BCUT2D eigenvalue weighted by atomic mass is 32.2. The number of rotatable bonds is 7. The third kappa shape index (κ3) is 4.19. The Kier molecular flexibility index (Phi) is 5.67. The zero-order chi connectivity index (χ0) is 20.2. The summed E-state index contributed by atoms with van der Waals surface area (Å²) in [6.45, 7) is 4.30. The lowest BCUT2D eigenvalue weighted by atomic mass is 9.97. The predicted octanol–water partition coefficient (Wildman–Crippen LogP) is 5.46. The van der Waals surface area contributed by atoms with E-state index in [0.717, 1.165) is 34.1 Å². The van der Waals surface area contributed by atoms with E-state index in [1.807, 2.05) is 48.7 Å². The number of fused-ring (bicyclic) bond motifs is 1. The molecule has 1 amide bonds. The first kappa shape index (κ1) is 19.3. The molecule has 0 radical (unpaired) electrons. The molecule has 148 valence electrons. The van der Waals surface area contributed by atoms with Gasteiger partial charge in [-0.3, -0.25) is 4.79 Å². The van der Waals surface area contributed by atoms with Crippen LogP contribution in [0.15, 0.2) is 64.4 Å². The molecule has 0 aliphatic rings. The summed E-state index contributed by atoms with van der Waals surface area (Å²) < 4.78 is 5.76. The number of benzene rings is 2. The Morgan fingerprint density at radius 1 is 1.17 bits per heavy atom. The van der Waals surface area contributed by atoms with Crippen LogP contribution in [-0.2, 0) is 4.79 Å². The monoisotopic (exact) mass is 406 g/mol. The maximum Gasteiger partial charge on any atom is 0.277 e. The van der Waals surface area contributed by atoms with Gasteiger partial charge in [0.25, 0.3) is 11.1 Å². The van der Waals surface area contributed by atoms with E-state index in [4.69, 9.17) is 4.42 Å². The van der Waals surface area contributed by atoms with Crippen LogP contribution in [0.5, 0.6) is 0 Å². The van der Waals surface area contributed by atoms with Crippen molar-refractivity contribution >= 4 is 34.3 Å².